The van der Waals surface area contributed by atoms with E-state index in [0.717, 1.165) is 38.0 Å². The first kappa shape index (κ1) is 17.9. The summed E-state index contributed by atoms with van der Waals surface area (Å²) in [6.07, 6.45) is 3.89. The van der Waals surface area contributed by atoms with Crippen LogP contribution < -0.4 is 5.32 Å². The highest BCUT2D eigenvalue weighted by Crippen LogP contribution is 2.13. The predicted molar refractivity (Wildman–Crippen MR) is 100.0 cm³/mol. The van der Waals surface area contributed by atoms with Crippen LogP contribution in [0.15, 0.2) is 29.5 Å². The van der Waals surface area contributed by atoms with Gasteiger partial charge in [0.1, 0.15) is 0 Å². The Morgan fingerprint density at radius 1 is 1.16 bits per heavy atom. The molecule has 0 spiro atoms. The molecule has 1 aromatic heterocycles. The number of thiophene rings is 1. The summed E-state index contributed by atoms with van der Waals surface area (Å²) >= 11 is 1.53. The van der Waals surface area contributed by atoms with Gasteiger partial charge in [-0.25, -0.2) is 4.79 Å². The van der Waals surface area contributed by atoms with Gasteiger partial charge in [0.15, 0.2) is 0 Å². The molecular weight excluding hydrogens is 336 g/mol. The number of carbonyl (C=O) groups excluding carboxylic acids is 2. The van der Waals surface area contributed by atoms with E-state index in [1.165, 1.54) is 11.3 Å². The third-order valence-electron chi connectivity index (χ3n) is 4.92. The van der Waals surface area contributed by atoms with Crippen LogP contribution in [-0.4, -0.2) is 78.5 Å². The Balaban J connectivity index is 1.41. The maximum absolute atomic E-state index is 12.5. The number of piperidine rings is 1. The van der Waals surface area contributed by atoms with Gasteiger partial charge in [0.2, 0.25) is 0 Å². The molecule has 7 heteroatoms. The lowest BCUT2D eigenvalue weighted by Crippen LogP contribution is -2.55. The summed E-state index contributed by atoms with van der Waals surface area (Å²) in [6.45, 7) is 9.07. The normalized spacial score (nSPS) is 19.7. The van der Waals surface area contributed by atoms with Gasteiger partial charge in [0.25, 0.3) is 5.91 Å². The van der Waals surface area contributed by atoms with Crippen molar-refractivity contribution in [3.8, 4) is 0 Å². The van der Waals surface area contributed by atoms with Gasteiger partial charge in [0.05, 0.1) is 5.56 Å². The number of piperazine rings is 1. The molecule has 136 valence electrons. The van der Waals surface area contributed by atoms with Crippen molar-refractivity contribution in [3.05, 3.63) is 35.0 Å². The fourth-order valence-electron chi connectivity index (χ4n) is 3.39. The summed E-state index contributed by atoms with van der Waals surface area (Å²) < 4.78 is 0. The molecule has 6 nitrogen and oxygen atoms in total. The first-order valence-electron chi connectivity index (χ1n) is 8.87. The minimum absolute atomic E-state index is 0.00445. The molecule has 0 aromatic carbocycles. The number of carbonyl (C=O) groups is 2. The van der Waals surface area contributed by atoms with E-state index in [0.29, 0.717) is 26.2 Å². The minimum atomic E-state index is 0.00445. The van der Waals surface area contributed by atoms with Crippen molar-refractivity contribution in [1.82, 2.24) is 20.0 Å². The van der Waals surface area contributed by atoms with Crippen molar-refractivity contribution in [1.29, 1.82) is 0 Å². The standard InChI is InChI=1S/C18H26N4O2S/c1-2-6-20-7-3-16(4-8-20)19-18(24)22-11-9-21(10-12-22)17(23)15-5-13-25-14-15/h2,5,13-14,16H,1,3-4,6-12H2,(H,19,24). The molecule has 1 N–H and O–H groups in total. The lowest BCUT2D eigenvalue weighted by atomic mass is 10.1. The molecule has 0 bridgehead atoms. The maximum atomic E-state index is 12.5. The maximum Gasteiger partial charge on any atom is 0.317 e. The number of nitrogens with zero attached hydrogens (tertiary/aromatic N) is 3. The van der Waals surface area contributed by atoms with Crippen molar-refractivity contribution >= 4 is 23.3 Å². The molecule has 1 aromatic rings. The van der Waals surface area contributed by atoms with Crippen LogP contribution in [0.4, 0.5) is 4.79 Å². The second kappa shape index (κ2) is 8.49. The highest BCUT2D eigenvalue weighted by Gasteiger charge is 2.27. The highest BCUT2D eigenvalue weighted by molar-refractivity contribution is 7.08. The van der Waals surface area contributed by atoms with Crippen LogP contribution in [0, 0.1) is 0 Å². The fourth-order valence-corrected chi connectivity index (χ4v) is 4.02. The topological polar surface area (TPSA) is 55.9 Å². The van der Waals surface area contributed by atoms with Crippen LogP contribution in [0.5, 0.6) is 0 Å². The molecule has 3 rings (SSSR count). The van der Waals surface area contributed by atoms with E-state index in [-0.39, 0.29) is 18.0 Å². The van der Waals surface area contributed by atoms with Crippen molar-refractivity contribution in [2.24, 2.45) is 0 Å². The van der Waals surface area contributed by atoms with Crippen molar-refractivity contribution < 1.29 is 9.59 Å². The molecule has 3 amide bonds. The summed E-state index contributed by atoms with van der Waals surface area (Å²) in [5.74, 6) is 0.0656. The highest BCUT2D eigenvalue weighted by atomic mass is 32.1. The zero-order valence-corrected chi connectivity index (χ0v) is 15.3. The zero-order chi connectivity index (χ0) is 17.6. The Hall–Kier alpha value is -1.86. The number of hydrogen-bond donors (Lipinski definition) is 1. The van der Waals surface area contributed by atoms with Crippen molar-refractivity contribution in [3.63, 3.8) is 0 Å². The number of hydrogen-bond acceptors (Lipinski definition) is 4. The summed E-state index contributed by atoms with van der Waals surface area (Å²) in [4.78, 5) is 30.8. The number of nitrogens with one attached hydrogen (secondary N) is 1. The average molecular weight is 362 g/mol. The van der Waals surface area contributed by atoms with E-state index in [9.17, 15) is 9.59 Å². The lowest BCUT2D eigenvalue weighted by Gasteiger charge is -2.37. The van der Waals surface area contributed by atoms with Crippen molar-refractivity contribution in [2.75, 3.05) is 45.8 Å². The second-order valence-electron chi connectivity index (χ2n) is 6.60. The van der Waals surface area contributed by atoms with Gasteiger partial charge in [-0.15, -0.1) is 6.58 Å². The number of amides is 3. The van der Waals surface area contributed by atoms with E-state index in [1.807, 2.05) is 32.7 Å². The van der Waals surface area contributed by atoms with Gasteiger partial charge in [-0.2, -0.15) is 11.3 Å². The molecule has 25 heavy (non-hydrogen) atoms. The van der Waals surface area contributed by atoms with Crippen LogP contribution in [-0.2, 0) is 0 Å². The van der Waals surface area contributed by atoms with E-state index < -0.39 is 0 Å². The van der Waals surface area contributed by atoms with E-state index in [4.69, 9.17) is 0 Å². The molecule has 0 radical (unpaired) electrons. The lowest BCUT2D eigenvalue weighted by molar-refractivity contribution is 0.0662. The Labute approximate surface area is 153 Å². The first-order valence-corrected chi connectivity index (χ1v) is 9.82. The average Bonchev–Trinajstić information content (AvgIpc) is 3.18. The molecule has 2 saturated heterocycles. The van der Waals surface area contributed by atoms with Gasteiger partial charge in [-0.05, 0) is 24.3 Å². The Kier molecular flexibility index (Phi) is 6.09. The van der Waals surface area contributed by atoms with Gasteiger partial charge >= 0.3 is 6.03 Å². The molecule has 2 aliphatic rings. The van der Waals surface area contributed by atoms with E-state index >= 15 is 0 Å². The summed E-state index contributed by atoms with van der Waals surface area (Å²) in [5.41, 5.74) is 0.745. The van der Waals surface area contributed by atoms with Gasteiger partial charge in [-0.3, -0.25) is 9.69 Å². The third kappa shape index (κ3) is 4.61. The van der Waals surface area contributed by atoms with Gasteiger partial charge < -0.3 is 15.1 Å². The van der Waals surface area contributed by atoms with E-state index in [1.54, 1.807) is 0 Å². The molecule has 2 fully saturated rings. The smallest absolute Gasteiger partial charge is 0.317 e. The Morgan fingerprint density at radius 2 is 1.84 bits per heavy atom. The molecule has 0 unspecified atom stereocenters. The first-order chi connectivity index (χ1) is 12.2. The number of rotatable bonds is 4. The monoisotopic (exact) mass is 362 g/mol. The van der Waals surface area contributed by atoms with E-state index in [2.05, 4.69) is 16.8 Å². The van der Waals surface area contributed by atoms with Crippen LogP contribution >= 0.6 is 11.3 Å². The Bertz CT molecular complexity index is 588. The quantitative estimate of drug-likeness (QED) is 0.832. The molecular formula is C18H26N4O2S. The van der Waals surface area contributed by atoms with Gasteiger partial charge in [0, 0.05) is 57.2 Å². The largest absolute Gasteiger partial charge is 0.335 e. The second-order valence-corrected chi connectivity index (χ2v) is 7.38. The van der Waals surface area contributed by atoms with Crippen molar-refractivity contribution in [2.45, 2.75) is 18.9 Å². The molecule has 0 aliphatic carbocycles. The molecule has 3 heterocycles. The van der Waals surface area contributed by atoms with Gasteiger partial charge in [-0.1, -0.05) is 6.08 Å². The third-order valence-corrected chi connectivity index (χ3v) is 5.61. The van der Waals surface area contributed by atoms with Crippen LogP contribution in [0.25, 0.3) is 0 Å². The number of likely N-dealkylation sites (tertiary alicyclic amines) is 1. The molecule has 0 atom stereocenters. The SMILES string of the molecule is C=CCN1CCC(NC(=O)N2CCN(C(=O)c3ccsc3)CC2)CC1. The molecule has 0 saturated carbocycles. The molecule has 2 aliphatic heterocycles. The minimum Gasteiger partial charge on any atom is -0.335 e. The summed E-state index contributed by atoms with van der Waals surface area (Å²) in [5, 5.41) is 6.94. The zero-order valence-electron chi connectivity index (χ0n) is 14.5. The van der Waals surface area contributed by atoms with Crippen LogP contribution in [0.1, 0.15) is 23.2 Å². The summed E-state index contributed by atoms with van der Waals surface area (Å²) in [6, 6.07) is 2.11. The predicted octanol–water partition coefficient (Wildman–Crippen LogP) is 1.87. The van der Waals surface area contributed by atoms with Crippen LogP contribution in [0.2, 0.25) is 0 Å². The Morgan fingerprint density at radius 3 is 2.44 bits per heavy atom. The summed E-state index contributed by atoms with van der Waals surface area (Å²) in [7, 11) is 0. The van der Waals surface area contributed by atoms with Crippen LogP contribution in [0.3, 0.4) is 0 Å². The number of urea groups is 1. The fraction of sp³-hybridized carbons (Fsp3) is 0.556.